The van der Waals surface area contributed by atoms with Crippen LogP contribution < -0.4 is 10.9 Å². The molecule has 0 saturated heterocycles. The summed E-state index contributed by atoms with van der Waals surface area (Å²) in [5.41, 5.74) is 0.541. The molecular weight excluding hydrogens is 352 g/mol. The lowest BCUT2D eigenvalue weighted by Crippen LogP contribution is -2.22. The van der Waals surface area contributed by atoms with Gasteiger partial charge in [0, 0.05) is 11.6 Å². The van der Waals surface area contributed by atoms with E-state index in [-0.39, 0.29) is 24.5 Å². The number of nitrogens with one attached hydrogen (secondary N) is 2. The molecule has 3 rings (SSSR count). The number of aromatic amines is 1. The Kier molecular flexibility index (Phi) is 5.20. The van der Waals surface area contributed by atoms with Gasteiger partial charge in [-0.05, 0) is 26.0 Å². The molecule has 0 aliphatic rings. The molecule has 0 aliphatic heterocycles. The van der Waals surface area contributed by atoms with E-state index in [1.807, 2.05) is 24.3 Å². The van der Waals surface area contributed by atoms with Crippen molar-refractivity contribution in [2.45, 2.75) is 13.8 Å². The second kappa shape index (κ2) is 7.73. The molecule has 0 saturated carbocycles. The van der Waals surface area contributed by atoms with Crippen molar-refractivity contribution in [3.63, 3.8) is 0 Å². The molecular formula is C18H18N4O5. The van der Waals surface area contributed by atoms with Gasteiger partial charge in [0.05, 0.1) is 24.9 Å². The molecule has 2 N–H and O–H groups in total. The highest BCUT2D eigenvalue weighted by Crippen LogP contribution is 2.16. The zero-order chi connectivity index (χ0) is 19.4. The number of H-pyrrole nitrogens is 1. The van der Waals surface area contributed by atoms with Crippen LogP contribution >= 0.6 is 0 Å². The van der Waals surface area contributed by atoms with Gasteiger partial charge < -0.3 is 14.8 Å². The van der Waals surface area contributed by atoms with Crippen LogP contribution in [0.15, 0.2) is 47.0 Å². The van der Waals surface area contributed by atoms with Crippen LogP contribution in [0.5, 0.6) is 0 Å². The van der Waals surface area contributed by atoms with E-state index in [2.05, 4.69) is 15.4 Å². The summed E-state index contributed by atoms with van der Waals surface area (Å²) in [7, 11) is 0. The molecule has 1 aromatic carbocycles. The molecule has 2 heterocycles. The van der Waals surface area contributed by atoms with Crippen molar-refractivity contribution >= 4 is 34.2 Å². The summed E-state index contributed by atoms with van der Waals surface area (Å²) >= 11 is 0. The average Bonchev–Trinajstić information content (AvgIpc) is 3.04. The van der Waals surface area contributed by atoms with Crippen LogP contribution in [0.4, 0.5) is 5.69 Å². The van der Waals surface area contributed by atoms with Gasteiger partial charge in [0.2, 0.25) is 0 Å². The van der Waals surface area contributed by atoms with Crippen molar-refractivity contribution < 1.29 is 19.1 Å². The Bertz CT molecular complexity index is 1080. The first-order valence-corrected chi connectivity index (χ1v) is 8.36. The van der Waals surface area contributed by atoms with Crippen molar-refractivity contribution in [1.82, 2.24) is 14.6 Å². The number of aromatic nitrogens is 3. The Hall–Kier alpha value is -3.62. The predicted octanol–water partition coefficient (Wildman–Crippen LogP) is 1.60. The van der Waals surface area contributed by atoms with Gasteiger partial charge in [-0.3, -0.25) is 9.89 Å². The summed E-state index contributed by atoms with van der Waals surface area (Å²) in [6.45, 7) is 3.43. The lowest BCUT2D eigenvalue weighted by Gasteiger charge is -2.07. The number of fused-ring (bicyclic) bond motifs is 3. The number of benzene rings is 1. The second-order valence-electron chi connectivity index (χ2n) is 5.44. The quantitative estimate of drug-likeness (QED) is 0.293. The molecule has 9 nitrogen and oxygen atoms in total. The molecule has 27 heavy (non-hydrogen) atoms. The third-order valence-electron chi connectivity index (χ3n) is 3.72. The van der Waals surface area contributed by atoms with Crippen molar-refractivity contribution in [3.8, 4) is 0 Å². The van der Waals surface area contributed by atoms with Crippen molar-refractivity contribution in [1.29, 1.82) is 0 Å². The highest BCUT2D eigenvalue weighted by molar-refractivity contribution is 6.14. The first-order chi connectivity index (χ1) is 13.1. The van der Waals surface area contributed by atoms with Crippen LogP contribution in [-0.4, -0.2) is 39.8 Å². The van der Waals surface area contributed by atoms with Gasteiger partial charge in [-0.1, -0.05) is 12.1 Å². The van der Waals surface area contributed by atoms with Crippen LogP contribution in [-0.2, 0) is 19.1 Å². The minimum Gasteiger partial charge on any atom is -0.462 e. The van der Waals surface area contributed by atoms with Gasteiger partial charge in [0.15, 0.2) is 11.2 Å². The third kappa shape index (κ3) is 3.52. The molecule has 2 aromatic heterocycles. The summed E-state index contributed by atoms with van der Waals surface area (Å²) in [6.07, 6.45) is 2.42. The molecule has 0 unspecified atom stereocenters. The van der Waals surface area contributed by atoms with Crippen LogP contribution in [0, 0.1) is 0 Å². The number of carbonyl (C=O) groups is 2. The molecule has 140 valence electrons. The monoisotopic (exact) mass is 370 g/mol. The van der Waals surface area contributed by atoms with Crippen LogP contribution in [0.3, 0.4) is 0 Å². The van der Waals surface area contributed by atoms with E-state index in [9.17, 15) is 14.4 Å². The summed E-state index contributed by atoms with van der Waals surface area (Å²) < 4.78 is 11.0. The summed E-state index contributed by atoms with van der Waals surface area (Å²) in [4.78, 5) is 40.9. The number of rotatable bonds is 6. The lowest BCUT2D eigenvalue weighted by molar-refractivity contribution is -0.146. The number of para-hydroxylation sites is 1. The number of anilines is 1. The number of ether oxygens (including phenoxy) is 2. The average molecular weight is 370 g/mol. The fraction of sp³-hybridized carbons (Fsp3) is 0.222. The maximum absolute atomic E-state index is 12.7. The van der Waals surface area contributed by atoms with Gasteiger partial charge in [-0.25, -0.2) is 14.6 Å². The van der Waals surface area contributed by atoms with Gasteiger partial charge in [0.25, 0.3) is 5.56 Å². The maximum Gasteiger partial charge on any atom is 0.347 e. The number of carbonyl (C=O) groups excluding carboxylic acids is 2. The van der Waals surface area contributed by atoms with Gasteiger partial charge in [-0.15, -0.1) is 0 Å². The summed E-state index contributed by atoms with van der Waals surface area (Å²) in [5, 5.41) is 6.41. The number of hydrogen-bond donors (Lipinski definition) is 2. The van der Waals surface area contributed by atoms with E-state index in [1.165, 1.54) is 10.7 Å². The first-order valence-electron chi connectivity index (χ1n) is 8.36. The van der Waals surface area contributed by atoms with Crippen molar-refractivity contribution in [3.05, 3.63) is 52.6 Å². The minimum atomic E-state index is -0.844. The molecule has 0 radical (unpaired) electrons. The summed E-state index contributed by atoms with van der Waals surface area (Å²) in [6, 6.07) is 7.37. The molecule has 0 amide bonds. The van der Waals surface area contributed by atoms with E-state index in [4.69, 9.17) is 9.47 Å². The highest BCUT2D eigenvalue weighted by Gasteiger charge is 2.21. The molecule has 3 aromatic rings. The zero-order valence-electron chi connectivity index (χ0n) is 14.8. The smallest absolute Gasteiger partial charge is 0.347 e. The molecule has 0 bridgehead atoms. The normalized spacial score (nSPS) is 10.6. The van der Waals surface area contributed by atoms with Crippen LogP contribution in [0.1, 0.15) is 13.8 Å². The Morgan fingerprint density at radius 1 is 1.19 bits per heavy atom. The SMILES string of the molecule is CCOC(=O)C(=CNc1cnc2c3ccccc3[nH]n2c1=O)C(=O)OCC. The van der Waals surface area contributed by atoms with Crippen LogP contribution in [0.2, 0.25) is 0 Å². The Balaban J connectivity index is 1.98. The van der Waals surface area contributed by atoms with E-state index in [0.29, 0.717) is 5.65 Å². The Labute approximate surface area is 153 Å². The fourth-order valence-corrected chi connectivity index (χ4v) is 2.51. The van der Waals surface area contributed by atoms with Crippen molar-refractivity contribution in [2.24, 2.45) is 0 Å². The Morgan fingerprint density at radius 2 is 1.85 bits per heavy atom. The molecule has 0 spiro atoms. The lowest BCUT2D eigenvalue weighted by atomic mass is 10.2. The van der Waals surface area contributed by atoms with Gasteiger partial charge in [-0.2, -0.15) is 4.52 Å². The van der Waals surface area contributed by atoms with Crippen LogP contribution in [0.25, 0.3) is 16.6 Å². The number of esters is 2. The minimum absolute atomic E-state index is 0.0742. The third-order valence-corrected chi connectivity index (χ3v) is 3.72. The van der Waals surface area contributed by atoms with E-state index < -0.39 is 17.5 Å². The first kappa shape index (κ1) is 18.2. The van der Waals surface area contributed by atoms with E-state index >= 15 is 0 Å². The predicted molar refractivity (Wildman–Crippen MR) is 98.3 cm³/mol. The zero-order valence-corrected chi connectivity index (χ0v) is 14.8. The van der Waals surface area contributed by atoms with Gasteiger partial charge >= 0.3 is 11.9 Å². The number of hydrogen-bond acceptors (Lipinski definition) is 7. The summed E-state index contributed by atoms with van der Waals surface area (Å²) in [5.74, 6) is -1.69. The second-order valence-corrected chi connectivity index (χ2v) is 5.44. The van der Waals surface area contributed by atoms with E-state index in [1.54, 1.807) is 13.8 Å². The largest absolute Gasteiger partial charge is 0.462 e. The maximum atomic E-state index is 12.7. The van der Waals surface area contributed by atoms with E-state index in [0.717, 1.165) is 17.1 Å². The molecule has 0 aliphatic carbocycles. The van der Waals surface area contributed by atoms with Gasteiger partial charge in [0.1, 0.15) is 5.69 Å². The molecule has 0 atom stereocenters. The standard InChI is InChI=1S/C18H18N4O5/c1-3-26-17(24)12(18(25)27-4-2)9-19-14-10-20-15-11-7-5-6-8-13(11)21-22(15)16(14)23/h5-10,19,21H,3-4H2,1-2H3. The Morgan fingerprint density at radius 3 is 2.52 bits per heavy atom. The molecule has 9 heteroatoms. The highest BCUT2D eigenvalue weighted by atomic mass is 16.6. The topological polar surface area (TPSA) is 115 Å². The van der Waals surface area contributed by atoms with Crippen molar-refractivity contribution in [2.75, 3.05) is 18.5 Å². The fourth-order valence-electron chi connectivity index (χ4n) is 2.51. The number of nitrogens with zero attached hydrogens (tertiary/aromatic N) is 2. The molecule has 0 fully saturated rings.